The van der Waals surface area contributed by atoms with Crippen molar-refractivity contribution in [3.05, 3.63) is 30.1 Å². The van der Waals surface area contributed by atoms with Crippen molar-refractivity contribution in [1.29, 1.82) is 0 Å². The zero-order valence-corrected chi connectivity index (χ0v) is 13.1. The van der Waals surface area contributed by atoms with Gasteiger partial charge in [-0.3, -0.25) is 14.8 Å². The predicted octanol–water partition coefficient (Wildman–Crippen LogP) is 2.30. The molecule has 0 unspecified atom stereocenters. The van der Waals surface area contributed by atoms with Gasteiger partial charge in [-0.25, -0.2) is 4.98 Å². The molecule has 1 N–H and O–H groups in total. The second-order valence-electron chi connectivity index (χ2n) is 4.52. The third-order valence-corrected chi connectivity index (χ3v) is 3.99. The fourth-order valence-corrected chi connectivity index (χ4v) is 2.88. The lowest BCUT2D eigenvalue weighted by atomic mass is 10.3. The van der Waals surface area contributed by atoms with Gasteiger partial charge >= 0.3 is 0 Å². The van der Waals surface area contributed by atoms with E-state index in [0.29, 0.717) is 22.3 Å². The zero-order valence-electron chi connectivity index (χ0n) is 12.3. The third-order valence-electron chi connectivity index (χ3n) is 3.06. The van der Waals surface area contributed by atoms with E-state index in [9.17, 15) is 4.79 Å². The highest BCUT2D eigenvalue weighted by Crippen LogP contribution is 2.36. The summed E-state index contributed by atoms with van der Waals surface area (Å²) in [6.45, 7) is 0. The fourth-order valence-electron chi connectivity index (χ4n) is 2.01. The van der Waals surface area contributed by atoms with Gasteiger partial charge in [-0.1, -0.05) is 11.3 Å². The molecule has 2 heterocycles. The number of nitrogens with one attached hydrogen (secondary N) is 1. The van der Waals surface area contributed by atoms with E-state index >= 15 is 0 Å². The first kappa shape index (κ1) is 14.3. The number of fused-ring (bicyclic) bond motifs is 1. The highest BCUT2D eigenvalue weighted by molar-refractivity contribution is 7.22. The van der Waals surface area contributed by atoms with Crippen molar-refractivity contribution < 1.29 is 14.3 Å². The topological polar surface area (TPSA) is 78.3 Å². The van der Waals surface area contributed by atoms with Crippen molar-refractivity contribution in [2.24, 2.45) is 7.05 Å². The molecule has 3 aromatic rings. The van der Waals surface area contributed by atoms with Gasteiger partial charge in [0.2, 0.25) is 0 Å². The molecule has 0 aliphatic heterocycles. The van der Waals surface area contributed by atoms with E-state index in [2.05, 4.69) is 15.4 Å². The van der Waals surface area contributed by atoms with Gasteiger partial charge in [0.1, 0.15) is 0 Å². The first-order valence-electron chi connectivity index (χ1n) is 6.44. The number of rotatable bonds is 4. The Morgan fingerprint density at radius 2 is 2.00 bits per heavy atom. The van der Waals surface area contributed by atoms with Crippen LogP contribution in [0.2, 0.25) is 0 Å². The van der Waals surface area contributed by atoms with E-state index in [1.54, 1.807) is 44.3 Å². The number of carbonyl (C=O) groups is 1. The molecule has 2 aromatic heterocycles. The Labute approximate surface area is 130 Å². The minimum absolute atomic E-state index is 0.293. The van der Waals surface area contributed by atoms with E-state index in [0.717, 1.165) is 10.2 Å². The van der Waals surface area contributed by atoms with Crippen LogP contribution in [0.3, 0.4) is 0 Å². The highest BCUT2D eigenvalue weighted by atomic mass is 32.1. The third kappa shape index (κ3) is 2.60. The summed E-state index contributed by atoms with van der Waals surface area (Å²) in [5.74, 6) is 0.933. The Morgan fingerprint density at radius 3 is 2.64 bits per heavy atom. The molecule has 1 aromatic carbocycles. The van der Waals surface area contributed by atoms with Crippen LogP contribution in [0.15, 0.2) is 24.4 Å². The summed E-state index contributed by atoms with van der Waals surface area (Å²) >= 11 is 1.36. The second kappa shape index (κ2) is 5.64. The van der Waals surface area contributed by atoms with Crippen LogP contribution in [0.4, 0.5) is 5.13 Å². The molecule has 0 saturated heterocycles. The Balaban J connectivity index is 1.90. The molecule has 114 valence electrons. The predicted molar refractivity (Wildman–Crippen MR) is 83.9 cm³/mol. The van der Waals surface area contributed by atoms with Gasteiger partial charge in [0.15, 0.2) is 22.3 Å². The molecule has 0 fully saturated rings. The number of methoxy groups -OCH3 is 2. The molecule has 0 radical (unpaired) electrons. The lowest BCUT2D eigenvalue weighted by Crippen LogP contribution is -2.12. The first-order chi connectivity index (χ1) is 10.6. The van der Waals surface area contributed by atoms with Crippen molar-refractivity contribution in [2.45, 2.75) is 0 Å². The maximum Gasteiger partial charge on any atom is 0.277 e. The maximum absolute atomic E-state index is 12.1. The molecule has 22 heavy (non-hydrogen) atoms. The highest BCUT2D eigenvalue weighted by Gasteiger charge is 2.14. The van der Waals surface area contributed by atoms with Gasteiger partial charge in [0, 0.05) is 25.4 Å². The van der Waals surface area contributed by atoms with Crippen molar-refractivity contribution in [2.75, 3.05) is 19.5 Å². The number of benzene rings is 1. The summed E-state index contributed by atoms with van der Waals surface area (Å²) in [6, 6.07) is 5.26. The maximum atomic E-state index is 12.1. The fraction of sp³-hybridized carbons (Fsp3) is 0.214. The average Bonchev–Trinajstić information content (AvgIpc) is 3.10. The molecule has 0 saturated carbocycles. The van der Waals surface area contributed by atoms with Crippen LogP contribution >= 0.6 is 11.3 Å². The standard InChI is InChI=1S/C14H14N4O3S/c1-18-5-4-8(17-18)13(19)16-14-15-9-6-10(20-2)11(21-3)7-12(9)22-14/h4-7H,1-3H3,(H,15,16,19). The van der Waals surface area contributed by atoms with E-state index in [-0.39, 0.29) is 5.91 Å². The SMILES string of the molecule is COc1cc2nc(NC(=O)c3ccn(C)n3)sc2cc1OC. The minimum atomic E-state index is -0.293. The number of carbonyl (C=O) groups excluding carboxylic acids is 1. The summed E-state index contributed by atoms with van der Waals surface area (Å²) in [5, 5.41) is 7.30. The Bertz CT molecular complexity index is 799. The largest absolute Gasteiger partial charge is 0.493 e. The summed E-state index contributed by atoms with van der Waals surface area (Å²) in [4.78, 5) is 16.5. The summed E-state index contributed by atoms with van der Waals surface area (Å²) < 4.78 is 13.0. The quantitative estimate of drug-likeness (QED) is 0.798. The lowest BCUT2D eigenvalue weighted by Gasteiger charge is -2.05. The number of aryl methyl sites for hydroxylation is 1. The van der Waals surface area contributed by atoms with E-state index in [4.69, 9.17) is 9.47 Å². The van der Waals surface area contributed by atoms with Gasteiger partial charge in [0.25, 0.3) is 5.91 Å². The number of nitrogens with zero attached hydrogens (tertiary/aromatic N) is 3. The van der Waals surface area contributed by atoms with Crippen LogP contribution in [-0.4, -0.2) is 34.9 Å². The Kier molecular flexibility index (Phi) is 3.68. The van der Waals surface area contributed by atoms with Gasteiger partial charge in [0.05, 0.1) is 24.4 Å². The second-order valence-corrected chi connectivity index (χ2v) is 5.55. The van der Waals surface area contributed by atoms with Gasteiger partial charge in [-0.05, 0) is 6.07 Å². The van der Waals surface area contributed by atoms with E-state index in [1.807, 2.05) is 6.07 Å². The van der Waals surface area contributed by atoms with Gasteiger partial charge in [-0.2, -0.15) is 5.10 Å². The number of thiazole rings is 1. The Morgan fingerprint density at radius 1 is 1.27 bits per heavy atom. The van der Waals surface area contributed by atoms with Crippen LogP contribution in [-0.2, 0) is 7.05 Å². The molecule has 8 heteroatoms. The monoisotopic (exact) mass is 318 g/mol. The molecule has 0 aliphatic carbocycles. The zero-order chi connectivity index (χ0) is 15.7. The molecule has 1 amide bonds. The van der Waals surface area contributed by atoms with Crippen LogP contribution in [0.1, 0.15) is 10.5 Å². The molecular weight excluding hydrogens is 304 g/mol. The number of amides is 1. The normalized spacial score (nSPS) is 10.7. The van der Waals surface area contributed by atoms with Crippen molar-refractivity contribution in [3.63, 3.8) is 0 Å². The van der Waals surface area contributed by atoms with Crippen LogP contribution in [0, 0.1) is 0 Å². The van der Waals surface area contributed by atoms with Gasteiger partial charge in [-0.15, -0.1) is 0 Å². The number of hydrogen-bond donors (Lipinski definition) is 1. The van der Waals surface area contributed by atoms with E-state index < -0.39 is 0 Å². The van der Waals surface area contributed by atoms with Crippen molar-refractivity contribution in [1.82, 2.24) is 14.8 Å². The molecule has 0 aliphatic rings. The summed E-state index contributed by atoms with van der Waals surface area (Å²) in [7, 11) is 4.90. The van der Waals surface area contributed by atoms with Crippen molar-refractivity contribution in [3.8, 4) is 11.5 Å². The molecule has 0 spiro atoms. The van der Waals surface area contributed by atoms with E-state index in [1.165, 1.54) is 11.3 Å². The molecule has 3 rings (SSSR count). The number of ether oxygens (including phenoxy) is 2. The van der Waals surface area contributed by atoms with Crippen LogP contribution in [0.5, 0.6) is 11.5 Å². The Hall–Kier alpha value is -2.61. The molecule has 0 bridgehead atoms. The summed E-state index contributed by atoms with van der Waals surface area (Å²) in [5.41, 5.74) is 1.08. The molecule has 0 atom stereocenters. The molecular formula is C14H14N4O3S. The summed E-state index contributed by atoms with van der Waals surface area (Å²) in [6.07, 6.45) is 1.71. The van der Waals surface area contributed by atoms with Crippen LogP contribution < -0.4 is 14.8 Å². The van der Waals surface area contributed by atoms with Crippen LogP contribution in [0.25, 0.3) is 10.2 Å². The smallest absolute Gasteiger partial charge is 0.277 e. The lowest BCUT2D eigenvalue weighted by molar-refractivity contribution is 0.102. The minimum Gasteiger partial charge on any atom is -0.493 e. The number of aromatic nitrogens is 3. The first-order valence-corrected chi connectivity index (χ1v) is 7.26. The average molecular weight is 318 g/mol. The molecule has 7 nitrogen and oxygen atoms in total. The number of anilines is 1. The van der Waals surface area contributed by atoms with Gasteiger partial charge < -0.3 is 9.47 Å². The van der Waals surface area contributed by atoms with Crippen molar-refractivity contribution >= 4 is 32.6 Å². The number of hydrogen-bond acceptors (Lipinski definition) is 6.